The first kappa shape index (κ1) is 20.1. The first-order valence-corrected chi connectivity index (χ1v) is 11.1. The van der Waals surface area contributed by atoms with Gasteiger partial charge in [0.2, 0.25) is 0 Å². The Morgan fingerprint density at radius 1 is 0.559 bits per heavy atom. The number of rotatable bonds is 5. The van der Waals surface area contributed by atoms with Crippen LogP contribution in [0, 0.1) is 13.8 Å². The molecule has 2 heterocycles. The fraction of sp³-hybridized carbons (Fsp3) is 0.0714. The second-order valence-electron chi connectivity index (χ2n) is 8.31. The molecule has 4 aromatic carbocycles. The van der Waals surface area contributed by atoms with Crippen molar-refractivity contribution in [2.24, 2.45) is 0 Å². The number of benzene rings is 4. The number of hydrogen-bond acceptors (Lipinski definition) is 4. The van der Waals surface area contributed by atoms with Gasteiger partial charge in [0.25, 0.3) is 0 Å². The molecular formula is C28H22N4O2. The van der Waals surface area contributed by atoms with Crippen molar-refractivity contribution in [3.05, 3.63) is 96.3 Å². The van der Waals surface area contributed by atoms with Crippen molar-refractivity contribution in [3.63, 3.8) is 0 Å². The smallest absolute Gasteiger partial charge is 0.138 e. The minimum atomic E-state index is 0.725. The van der Waals surface area contributed by atoms with Gasteiger partial charge in [0, 0.05) is 17.7 Å². The number of H-pyrrole nitrogens is 2. The van der Waals surface area contributed by atoms with Gasteiger partial charge in [-0.25, -0.2) is 9.97 Å². The van der Waals surface area contributed by atoms with Gasteiger partial charge in [0.1, 0.15) is 34.6 Å². The molecule has 0 atom stereocenters. The number of aromatic nitrogens is 4. The highest BCUT2D eigenvalue weighted by molar-refractivity contribution is 5.81. The topological polar surface area (TPSA) is 75.8 Å². The number of aromatic amines is 2. The average Bonchev–Trinajstić information content (AvgIpc) is 3.43. The first-order valence-electron chi connectivity index (χ1n) is 11.1. The molecule has 0 amide bonds. The summed E-state index contributed by atoms with van der Waals surface area (Å²) in [6.45, 7) is 4.00. The quantitative estimate of drug-likeness (QED) is 0.291. The molecule has 2 N–H and O–H groups in total. The molecule has 6 rings (SSSR count). The van der Waals surface area contributed by atoms with E-state index in [0.29, 0.717) is 0 Å². The highest BCUT2D eigenvalue weighted by Gasteiger charge is 2.09. The van der Waals surface area contributed by atoms with Crippen LogP contribution in [0.4, 0.5) is 0 Å². The summed E-state index contributed by atoms with van der Waals surface area (Å²) in [7, 11) is 0. The Labute approximate surface area is 196 Å². The Morgan fingerprint density at radius 2 is 1.21 bits per heavy atom. The van der Waals surface area contributed by atoms with Gasteiger partial charge >= 0.3 is 0 Å². The van der Waals surface area contributed by atoms with E-state index >= 15 is 0 Å². The normalized spacial score (nSPS) is 11.2. The summed E-state index contributed by atoms with van der Waals surface area (Å²) in [5.74, 6) is 4.74. The Kier molecular flexibility index (Phi) is 4.77. The van der Waals surface area contributed by atoms with Crippen molar-refractivity contribution >= 4 is 22.1 Å². The molecule has 166 valence electrons. The van der Waals surface area contributed by atoms with E-state index in [4.69, 9.17) is 14.5 Å². The fourth-order valence-corrected chi connectivity index (χ4v) is 3.92. The van der Waals surface area contributed by atoms with Crippen LogP contribution in [0.5, 0.6) is 23.0 Å². The molecular weight excluding hydrogens is 424 g/mol. The van der Waals surface area contributed by atoms with Gasteiger partial charge in [-0.3, -0.25) is 0 Å². The van der Waals surface area contributed by atoms with Crippen LogP contribution in [-0.4, -0.2) is 19.9 Å². The third-order valence-corrected chi connectivity index (χ3v) is 5.65. The lowest BCUT2D eigenvalue weighted by molar-refractivity contribution is 0.482. The van der Waals surface area contributed by atoms with Crippen LogP contribution in [0.2, 0.25) is 0 Å². The molecule has 0 saturated carbocycles. The Bertz CT molecular complexity index is 1610. The fourth-order valence-electron chi connectivity index (χ4n) is 3.92. The second kappa shape index (κ2) is 8.08. The van der Waals surface area contributed by atoms with Gasteiger partial charge in [-0.05, 0) is 74.5 Å². The van der Waals surface area contributed by atoms with E-state index in [-0.39, 0.29) is 0 Å². The van der Waals surface area contributed by atoms with Gasteiger partial charge < -0.3 is 19.4 Å². The molecule has 6 heteroatoms. The molecule has 0 aliphatic carbocycles. The summed E-state index contributed by atoms with van der Waals surface area (Å²) in [5, 5.41) is 0. The van der Waals surface area contributed by atoms with Crippen molar-refractivity contribution in [2.75, 3.05) is 0 Å². The molecule has 0 radical (unpaired) electrons. The van der Waals surface area contributed by atoms with Crippen molar-refractivity contribution in [1.29, 1.82) is 0 Å². The lowest BCUT2D eigenvalue weighted by Crippen LogP contribution is -1.85. The van der Waals surface area contributed by atoms with E-state index in [0.717, 1.165) is 62.3 Å². The highest BCUT2D eigenvalue weighted by atomic mass is 16.5. The van der Waals surface area contributed by atoms with Crippen LogP contribution >= 0.6 is 0 Å². The van der Waals surface area contributed by atoms with Crippen LogP contribution in [0.3, 0.4) is 0 Å². The molecule has 0 unspecified atom stereocenters. The summed E-state index contributed by atoms with van der Waals surface area (Å²) in [5.41, 5.74) is 5.85. The lowest BCUT2D eigenvalue weighted by Gasteiger charge is -2.06. The summed E-state index contributed by atoms with van der Waals surface area (Å²) in [4.78, 5) is 15.8. The van der Waals surface area contributed by atoms with Gasteiger partial charge in [-0.2, -0.15) is 0 Å². The molecule has 0 bridgehead atoms. The van der Waals surface area contributed by atoms with Crippen molar-refractivity contribution < 1.29 is 9.47 Å². The molecule has 0 saturated heterocycles. The Morgan fingerprint density at radius 3 is 2.00 bits per heavy atom. The molecule has 0 aliphatic rings. The van der Waals surface area contributed by atoms with E-state index in [1.165, 1.54) is 5.56 Å². The Hall–Kier alpha value is -4.58. The second-order valence-corrected chi connectivity index (χ2v) is 8.31. The van der Waals surface area contributed by atoms with Crippen molar-refractivity contribution in [1.82, 2.24) is 19.9 Å². The number of nitrogens with zero attached hydrogens (tertiary/aromatic N) is 2. The standard InChI is InChI=1S/C28H22N4O2/c1-17-3-7-20(8-4-17)33-21-9-5-19(6-10-21)28-31-25-14-12-23(16-27(25)32-28)34-22-11-13-24-26(15-22)30-18(2)29-24/h3-16H,1-2H3,(H,29,30)(H,31,32). The van der Waals surface area contributed by atoms with Crippen LogP contribution in [-0.2, 0) is 0 Å². The van der Waals surface area contributed by atoms with Crippen molar-refractivity contribution in [2.45, 2.75) is 13.8 Å². The highest BCUT2D eigenvalue weighted by Crippen LogP contribution is 2.30. The number of ether oxygens (including phenoxy) is 2. The third-order valence-electron chi connectivity index (χ3n) is 5.65. The minimum absolute atomic E-state index is 0.725. The van der Waals surface area contributed by atoms with Crippen LogP contribution < -0.4 is 9.47 Å². The molecule has 6 nitrogen and oxygen atoms in total. The zero-order chi connectivity index (χ0) is 23.1. The zero-order valence-electron chi connectivity index (χ0n) is 18.8. The van der Waals surface area contributed by atoms with Gasteiger partial charge in [-0.15, -0.1) is 0 Å². The van der Waals surface area contributed by atoms with E-state index < -0.39 is 0 Å². The molecule has 0 spiro atoms. The molecule has 0 fully saturated rings. The van der Waals surface area contributed by atoms with Crippen LogP contribution in [0.25, 0.3) is 33.5 Å². The maximum absolute atomic E-state index is 6.08. The third kappa shape index (κ3) is 3.97. The van der Waals surface area contributed by atoms with E-state index in [1.54, 1.807) is 0 Å². The van der Waals surface area contributed by atoms with Crippen LogP contribution in [0.1, 0.15) is 11.4 Å². The van der Waals surface area contributed by atoms with E-state index in [1.807, 2.05) is 91.9 Å². The Balaban J connectivity index is 1.21. The maximum atomic E-state index is 6.08. The first-order chi connectivity index (χ1) is 16.6. The van der Waals surface area contributed by atoms with E-state index in [2.05, 4.69) is 21.9 Å². The predicted molar refractivity (Wildman–Crippen MR) is 134 cm³/mol. The number of aryl methyl sites for hydroxylation is 2. The van der Waals surface area contributed by atoms with Crippen molar-refractivity contribution in [3.8, 4) is 34.4 Å². The molecule has 0 aliphatic heterocycles. The zero-order valence-corrected chi connectivity index (χ0v) is 18.8. The minimum Gasteiger partial charge on any atom is -0.457 e. The van der Waals surface area contributed by atoms with Gasteiger partial charge in [0.15, 0.2) is 0 Å². The average molecular weight is 447 g/mol. The summed E-state index contributed by atoms with van der Waals surface area (Å²) >= 11 is 0. The summed E-state index contributed by atoms with van der Waals surface area (Å²) in [6, 6.07) is 27.6. The summed E-state index contributed by atoms with van der Waals surface area (Å²) < 4.78 is 12.0. The lowest BCUT2D eigenvalue weighted by atomic mass is 10.2. The number of imidazole rings is 2. The van der Waals surface area contributed by atoms with Crippen LogP contribution in [0.15, 0.2) is 84.9 Å². The molecule has 2 aromatic heterocycles. The monoisotopic (exact) mass is 446 g/mol. The molecule has 6 aromatic rings. The largest absolute Gasteiger partial charge is 0.457 e. The number of hydrogen-bond donors (Lipinski definition) is 2. The molecule has 34 heavy (non-hydrogen) atoms. The SMILES string of the molecule is Cc1ccc(Oc2ccc(-c3nc4cc(Oc5ccc6nc(C)[nH]c6c5)ccc4[nH]3)cc2)cc1. The van der Waals surface area contributed by atoms with Gasteiger partial charge in [0.05, 0.1) is 22.1 Å². The number of fused-ring (bicyclic) bond motifs is 2. The summed E-state index contributed by atoms with van der Waals surface area (Å²) in [6.07, 6.45) is 0. The number of nitrogens with one attached hydrogen (secondary N) is 2. The van der Waals surface area contributed by atoms with Gasteiger partial charge in [-0.1, -0.05) is 17.7 Å². The van der Waals surface area contributed by atoms with E-state index in [9.17, 15) is 0 Å². The predicted octanol–water partition coefficient (Wildman–Crippen LogP) is 7.31. The maximum Gasteiger partial charge on any atom is 0.138 e.